The molecule has 0 bridgehead atoms. The normalized spacial score (nSPS) is 12.3. The molecule has 0 aliphatic rings. The fourth-order valence-corrected chi connectivity index (χ4v) is 2.98. The molecule has 0 aromatic heterocycles. The Morgan fingerprint density at radius 1 is 0.963 bits per heavy atom. The Labute approximate surface area is 162 Å². The zero-order valence-corrected chi connectivity index (χ0v) is 16.9. The predicted molar refractivity (Wildman–Crippen MR) is 108 cm³/mol. The van der Waals surface area contributed by atoms with Crippen LogP contribution in [-0.4, -0.2) is 49.5 Å². The highest BCUT2D eigenvalue weighted by atomic mass is 16.5. The second-order valence-corrected chi connectivity index (χ2v) is 6.91. The van der Waals surface area contributed by atoms with Gasteiger partial charge in [0.1, 0.15) is 18.5 Å². The van der Waals surface area contributed by atoms with Gasteiger partial charge in [0.05, 0.1) is 14.2 Å². The largest absolute Gasteiger partial charge is 0.493 e. The van der Waals surface area contributed by atoms with Gasteiger partial charge in [-0.2, -0.15) is 0 Å². The molecule has 0 saturated heterocycles. The maximum atomic E-state index is 10.5. The molecule has 1 atom stereocenters. The summed E-state index contributed by atoms with van der Waals surface area (Å²) in [6, 6.07) is 13.9. The summed E-state index contributed by atoms with van der Waals surface area (Å²) in [4.78, 5) is 2.20. The fraction of sp³-hybridized carbons (Fsp3) is 0.455. The van der Waals surface area contributed by atoms with E-state index in [0.29, 0.717) is 18.8 Å². The van der Waals surface area contributed by atoms with Crippen molar-refractivity contribution in [1.82, 2.24) is 4.90 Å². The van der Waals surface area contributed by atoms with Crippen LogP contribution in [0.25, 0.3) is 0 Å². The van der Waals surface area contributed by atoms with E-state index in [9.17, 15) is 5.11 Å². The van der Waals surface area contributed by atoms with Crippen molar-refractivity contribution >= 4 is 0 Å². The molecular formula is C22H31NO4. The minimum Gasteiger partial charge on any atom is -0.493 e. The topological polar surface area (TPSA) is 51.2 Å². The highest BCUT2D eigenvalue weighted by Crippen LogP contribution is 2.31. The van der Waals surface area contributed by atoms with Gasteiger partial charge in [0.25, 0.3) is 0 Å². The van der Waals surface area contributed by atoms with Crippen molar-refractivity contribution < 1.29 is 19.3 Å². The molecule has 2 rings (SSSR count). The highest BCUT2D eigenvalue weighted by Gasteiger charge is 2.19. The zero-order valence-electron chi connectivity index (χ0n) is 16.9. The predicted octanol–water partition coefficient (Wildman–Crippen LogP) is 3.66. The number of aliphatic hydroxyl groups excluding tert-OH is 1. The van der Waals surface area contributed by atoms with Gasteiger partial charge in [-0.25, -0.2) is 0 Å². The molecule has 5 heteroatoms. The first-order valence-corrected chi connectivity index (χ1v) is 9.26. The summed E-state index contributed by atoms with van der Waals surface area (Å²) in [6.45, 7) is 7.63. The maximum Gasteiger partial charge on any atom is 0.165 e. The van der Waals surface area contributed by atoms with Crippen LogP contribution in [0, 0.1) is 6.92 Å². The summed E-state index contributed by atoms with van der Waals surface area (Å²) in [6.07, 6.45) is -0.594. The fourth-order valence-electron chi connectivity index (χ4n) is 2.98. The van der Waals surface area contributed by atoms with Crippen LogP contribution in [-0.2, 0) is 6.54 Å². The summed E-state index contributed by atoms with van der Waals surface area (Å²) in [5.41, 5.74) is 2.09. The number of benzene rings is 2. The number of para-hydroxylation sites is 2. The third kappa shape index (κ3) is 5.88. The monoisotopic (exact) mass is 373 g/mol. The van der Waals surface area contributed by atoms with Crippen LogP contribution < -0.4 is 14.2 Å². The number of aryl methyl sites for hydroxylation is 1. The quantitative estimate of drug-likeness (QED) is 0.689. The van der Waals surface area contributed by atoms with Gasteiger partial charge in [-0.05, 0) is 38.5 Å². The van der Waals surface area contributed by atoms with Crippen LogP contribution >= 0.6 is 0 Å². The van der Waals surface area contributed by atoms with Crippen LogP contribution in [0.1, 0.15) is 25.0 Å². The van der Waals surface area contributed by atoms with E-state index in [0.717, 1.165) is 22.6 Å². The van der Waals surface area contributed by atoms with Crippen molar-refractivity contribution in [1.29, 1.82) is 0 Å². The minimum absolute atomic E-state index is 0.253. The van der Waals surface area contributed by atoms with Crippen molar-refractivity contribution in [3.8, 4) is 17.2 Å². The van der Waals surface area contributed by atoms with Gasteiger partial charge in [-0.3, -0.25) is 4.90 Å². The van der Waals surface area contributed by atoms with Crippen LogP contribution in [0.15, 0.2) is 42.5 Å². The smallest absolute Gasteiger partial charge is 0.165 e. The molecule has 5 nitrogen and oxygen atoms in total. The van der Waals surface area contributed by atoms with E-state index >= 15 is 0 Å². The molecule has 1 N–H and O–H groups in total. The van der Waals surface area contributed by atoms with E-state index in [1.807, 2.05) is 49.4 Å². The number of ether oxygens (including phenoxy) is 3. The first kappa shape index (κ1) is 21.1. The van der Waals surface area contributed by atoms with E-state index in [1.165, 1.54) is 0 Å². The average Bonchev–Trinajstić information content (AvgIpc) is 2.66. The lowest BCUT2D eigenvalue weighted by atomic mass is 10.1. The number of rotatable bonds is 10. The van der Waals surface area contributed by atoms with Crippen LogP contribution in [0.4, 0.5) is 0 Å². The van der Waals surface area contributed by atoms with E-state index in [-0.39, 0.29) is 12.6 Å². The Morgan fingerprint density at radius 3 is 2.30 bits per heavy atom. The number of hydrogen-bond acceptors (Lipinski definition) is 5. The molecule has 0 spiro atoms. The molecule has 148 valence electrons. The molecule has 2 aromatic rings. The van der Waals surface area contributed by atoms with Crippen molar-refractivity contribution in [3.63, 3.8) is 0 Å². The lowest BCUT2D eigenvalue weighted by Crippen LogP contribution is -2.39. The van der Waals surface area contributed by atoms with E-state index in [2.05, 4.69) is 18.7 Å². The molecule has 0 heterocycles. The van der Waals surface area contributed by atoms with E-state index in [1.54, 1.807) is 14.2 Å². The molecule has 0 radical (unpaired) electrons. The first-order chi connectivity index (χ1) is 13.0. The second-order valence-electron chi connectivity index (χ2n) is 6.91. The van der Waals surface area contributed by atoms with Gasteiger partial charge in [-0.1, -0.05) is 30.3 Å². The Bertz CT molecular complexity index is 717. The third-order valence-electron chi connectivity index (χ3n) is 4.56. The molecule has 0 aliphatic heterocycles. The molecule has 0 aliphatic carbocycles. The zero-order chi connectivity index (χ0) is 19.8. The number of nitrogens with zero attached hydrogens (tertiary/aromatic N) is 1. The Morgan fingerprint density at radius 2 is 1.67 bits per heavy atom. The van der Waals surface area contributed by atoms with Gasteiger partial charge in [-0.15, -0.1) is 0 Å². The average molecular weight is 373 g/mol. The lowest BCUT2D eigenvalue weighted by molar-refractivity contribution is 0.0538. The Balaban J connectivity index is 2.02. The molecule has 0 fully saturated rings. The number of hydrogen-bond donors (Lipinski definition) is 1. The van der Waals surface area contributed by atoms with Crippen molar-refractivity contribution in [2.24, 2.45) is 0 Å². The van der Waals surface area contributed by atoms with E-state index in [4.69, 9.17) is 14.2 Å². The Kier molecular flexibility index (Phi) is 7.95. The van der Waals surface area contributed by atoms with Gasteiger partial charge in [0.2, 0.25) is 0 Å². The van der Waals surface area contributed by atoms with E-state index < -0.39 is 6.10 Å². The molecule has 2 aromatic carbocycles. The number of methoxy groups -OCH3 is 2. The molecule has 27 heavy (non-hydrogen) atoms. The van der Waals surface area contributed by atoms with Gasteiger partial charge < -0.3 is 19.3 Å². The first-order valence-electron chi connectivity index (χ1n) is 9.26. The van der Waals surface area contributed by atoms with Crippen molar-refractivity contribution in [2.45, 2.75) is 39.5 Å². The molecule has 0 saturated carbocycles. The standard InChI is InChI=1S/C22H31NO4/c1-16(2)23(13-18-10-8-12-21(25-4)22(18)26-5)14-19(24)15-27-20-11-7-6-9-17(20)3/h6-12,16,19,24H,13-15H2,1-5H3. The highest BCUT2D eigenvalue weighted by molar-refractivity contribution is 5.46. The summed E-state index contributed by atoms with van der Waals surface area (Å²) in [7, 11) is 3.28. The van der Waals surface area contributed by atoms with Gasteiger partial charge in [0, 0.05) is 24.7 Å². The van der Waals surface area contributed by atoms with Crippen molar-refractivity contribution in [2.75, 3.05) is 27.4 Å². The van der Waals surface area contributed by atoms with Gasteiger partial charge in [0.15, 0.2) is 11.5 Å². The number of aliphatic hydroxyl groups is 1. The van der Waals surface area contributed by atoms with Crippen LogP contribution in [0.2, 0.25) is 0 Å². The summed E-state index contributed by atoms with van der Waals surface area (Å²) in [5, 5.41) is 10.5. The maximum absolute atomic E-state index is 10.5. The lowest BCUT2D eigenvalue weighted by Gasteiger charge is -2.29. The third-order valence-corrected chi connectivity index (χ3v) is 4.56. The summed E-state index contributed by atoms with van der Waals surface area (Å²) >= 11 is 0. The van der Waals surface area contributed by atoms with Gasteiger partial charge >= 0.3 is 0 Å². The molecular weight excluding hydrogens is 342 g/mol. The SMILES string of the molecule is COc1cccc(CN(CC(O)COc2ccccc2C)C(C)C)c1OC. The van der Waals surface area contributed by atoms with Crippen LogP contribution in [0.5, 0.6) is 17.2 Å². The minimum atomic E-state index is -0.594. The Hall–Kier alpha value is -2.24. The molecule has 1 unspecified atom stereocenters. The second kappa shape index (κ2) is 10.2. The van der Waals surface area contributed by atoms with Crippen molar-refractivity contribution in [3.05, 3.63) is 53.6 Å². The summed E-state index contributed by atoms with van der Waals surface area (Å²) in [5.74, 6) is 2.25. The van der Waals surface area contributed by atoms with Crippen LogP contribution in [0.3, 0.4) is 0 Å². The summed E-state index contributed by atoms with van der Waals surface area (Å²) < 4.78 is 16.7. The molecule has 0 amide bonds.